The molecule has 1 aromatic rings. The van der Waals surface area contributed by atoms with Crippen molar-refractivity contribution < 1.29 is 0 Å². The van der Waals surface area contributed by atoms with Crippen molar-refractivity contribution in [3.63, 3.8) is 0 Å². The number of hydrogen-bond donors (Lipinski definition) is 2. The first kappa shape index (κ1) is 14.6. The fraction of sp³-hybridized carbons (Fsp3) is 0.769. The summed E-state index contributed by atoms with van der Waals surface area (Å²) in [4.78, 5) is 4.34. The Morgan fingerprint density at radius 3 is 2.65 bits per heavy atom. The van der Waals surface area contributed by atoms with Crippen LogP contribution in [0.2, 0.25) is 0 Å². The Morgan fingerprint density at radius 2 is 2.12 bits per heavy atom. The number of rotatable bonds is 8. The molecular weight excluding hydrogens is 230 g/mol. The smallest absolute Gasteiger partial charge is 0.0965 e. The Bertz CT molecular complexity index is 285. The molecule has 0 bridgehead atoms. The molecule has 0 fully saturated rings. The van der Waals surface area contributed by atoms with E-state index in [4.69, 9.17) is 5.73 Å². The highest BCUT2D eigenvalue weighted by Gasteiger charge is 2.11. The van der Waals surface area contributed by atoms with Gasteiger partial charge in [0, 0.05) is 24.0 Å². The van der Waals surface area contributed by atoms with Gasteiger partial charge in [-0.25, -0.2) is 4.98 Å². The molecule has 0 radical (unpaired) electrons. The molecule has 3 nitrogen and oxygen atoms in total. The third kappa shape index (κ3) is 5.61. The second kappa shape index (κ2) is 7.80. The minimum atomic E-state index is 0.493. The fourth-order valence-electron chi connectivity index (χ4n) is 2.00. The van der Waals surface area contributed by atoms with Crippen LogP contribution in [0.15, 0.2) is 11.6 Å². The Morgan fingerprint density at radius 1 is 1.35 bits per heavy atom. The van der Waals surface area contributed by atoms with Crippen molar-refractivity contribution in [3.05, 3.63) is 16.6 Å². The van der Waals surface area contributed by atoms with Gasteiger partial charge in [-0.15, -0.1) is 11.3 Å². The molecule has 0 aliphatic rings. The highest BCUT2D eigenvalue weighted by Crippen LogP contribution is 2.16. The largest absolute Gasteiger partial charge is 0.330 e. The van der Waals surface area contributed by atoms with Crippen molar-refractivity contribution in [2.45, 2.75) is 33.1 Å². The van der Waals surface area contributed by atoms with Crippen molar-refractivity contribution in [2.75, 3.05) is 19.6 Å². The van der Waals surface area contributed by atoms with Gasteiger partial charge < -0.3 is 11.1 Å². The number of nitrogens with zero attached hydrogens (tertiary/aromatic N) is 1. The van der Waals surface area contributed by atoms with Crippen LogP contribution in [0.1, 0.15) is 38.1 Å². The Labute approximate surface area is 109 Å². The molecule has 2 unspecified atom stereocenters. The van der Waals surface area contributed by atoms with Crippen molar-refractivity contribution in [1.82, 2.24) is 10.3 Å². The summed E-state index contributed by atoms with van der Waals surface area (Å²) >= 11 is 1.73. The summed E-state index contributed by atoms with van der Waals surface area (Å²) in [6.07, 6.45) is 3.08. The maximum Gasteiger partial charge on any atom is 0.0965 e. The van der Waals surface area contributed by atoms with E-state index in [2.05, 4.69) is 31.1 Å². The topological polar surface area (TPSA) is 50.9 Å². The highest BCUT2D eigenvalue weighted by atomic mass is 32.1. The average molecular weight is 255 g/mol. The molecule has 0 spiro atoms. The lowest BCUT2D eigenvalue weighted by molar-refractivity contribution is 0.391. The minimum absolute atomic E-state index is 0.493. The lowest BCUT2D eigenvalue weighted by Gasteiger charge is -2.18. The predicted molar refractivity (Wildman–Crippen MR) is 75.4 cm³/mol. The molecule has 1 heterocycles. The lowest BCUT2D eigenvalue weighted by Crippen LogP contribution is -2.31. The van der Waals surface area contributed by atoms with Crippen LogP contribution in [0, 0.1) is 11.8 Å². The first-order valence-electron chi connectivity index (χ1n) is 6.43. The molecule has 0 aromatic carbocycles. The van der Waals surface area contributed by atoms with Gasteiger partial charge in [0.25, 0.3) is 0 Å². The number of nitrogens with two attached hydrogens (primary N) is 1. The van der Waals surface area contributed by atoms with Gasteiger partial charge in [0.2, 0.25) is 0 Å². The van der Waals surface area contributed by atoms with Crippen LogP contribution in [-0.2, 0) is 0 Å². The fourth-order valence-corrected chi connectivity index (χ4v) is 2.70. The van der Waals surface area contributed by atoms with Crippen LogP contribution in [0.25, 0.3) is 0 Å². The summed E-state index contributed by atoms with van der Waals surface area (Å²) < 4.78 is 0. The van der Waals surface area contributed by atoms with E-state index in [0.717, 1.165) is 25.6 Å². The Balaban J connectivity index is 2.22. The molecule has 2 atom stereocenters. The number of aromatic nitrogens is 1. The molecule has 3 N–H and O–H groups in total. The molecule has 98 valence electrons. The van der Waals surface area contributed by atoms with Gasteiger partial charge in [0.05, 0.1) is 5.01 Å². The van der Waals surface area contributed by atoms with Gasteiger partial charge >= 0.3 is 0 Å². The summed E-state index contributed by atoms with van der Waals surface area (Å²) in [6, 6.07) is 0. The normalized spacial score (nSPS) is 15.1. The molecule has 0 amide bonds. The summed E-state index contributed by atoms with van der Waals surface area (Å²) in [5.74, 6) is 1.81. The molecule has 1 aromatic heterocycles. The molecule has 17 heavy (non-hydrogen) atoms. The van der Waals surface area contributed by atoms with Gasteiger partial charge in [-0.05, 0) is 31.3 Å². The maximum absolute atomic E-state index is 5.78. The summed E-state index contributed by atoms with van der Waals surface area (Å²) in [5, 5.41) is 6.77. The van der Waals surface area contributed by atoms with E-state index in [0.29, 0.717) is 11.8 Å². The third-order valence-electron chi connectivity index (χ3n) is 2.89. The van der Waals surface area contributed by atoms with Crippen LogP contribution in [0.4, 0.5) is 0 Å². The van der Waals surface area contributed by atoms with E-state index in [9.17, 15) is 0 Å². The average Bonchev–Trinajstić information content (AvgIpc) is 2.80. The van der Waals surface area contributed by atoms with Crippen molar-refractivity contribution in [3.8, 4) is 0 Å². The van der Waals surface area contributed by atoms with Crippen molar-refractivity contribution >= 4 is 11.3 Å². The first-order chi connectivity index (χ1) is 8.13. The van der Waals surface area contributed by atoms with Gasteiger partial charge in [0.15, 0.2) is 0 Å². The van der Waals surface area contributed by atoms with Crippen LogP contribution in [0.3, 0.4) is 0 Å². The van der Waals surface area contributed by atoms with Crippen LogP contribution in [-0.4, -0.2) is 24.6 Å². The summed E-state index contributed by atoms with van der Waals surface area (Å²) in [7, 11) is 0. The number of nitrogens with one attached hydrogen (secondary N) is 1. The minimum Gasteiger partial charge on any atom is -0.330 e. The Kier molecular flexibility index (Phi) is 6.70. The predicted octanol–water partition coefficient (Wildman–Crippen LogP) is 2.46. The van der Waals surface area contributed by atoms with E-state index < -0.39 is 0 Å². The second-order valence-corrected chi connectivity index (χ2v) is 6.09. The first-order valence-corrected chi connectivity index (χ1v) is 7.31. The Hall–Kier alpha value is -0.450. The zero-order valence-corrected chi connectivity index (χ0v) is 12.0. The van der Waals surface area contributed by atoms with Gasteiger partial charge in [-0.2, -0.15) is 0 Å². The second-order valence-electron chi connectivity index (χ2n) is 5.16. The molecule has 0 saturated carbocycles. The zero-order chi connectivity index (χ0) is 12.7. The quantitative estimate of drug-likeness (QED) is 0.750. The van der Waals surface area contributed by atoms with Crippen LogP contribution in [0.5, 0.6) is 0 Å². The van der Waals surface area contributed by atoms with Crippen molar-refractivity contribution in [2.24, 2.45) is 17.6 Å². The number of thiazole rings is 1. The monoisotopic (exact) mass is 255 g/mol. The third-order valence-corrected chi connectivity index (χ3v) is 3.90. The maximum atomic E-state index is 5.78. The molecule has 4 heteroatoms. The number of hydrogen-bond acceptors (Lipinski definition) is 4. The van der Waals surface area contributed by atoms with Crippen LogP contribution >= 0.6 is 11.3 Å². The SMILES string of the molecule is CC(C)CC(CN)CNCC(C)c1nccs1. The lowest BCUT2D eigenvalue weighted by atomic mass is 9.97. The van der Waals surface area contributed by atoms with Gasteiger partial charge in [-0.1, -0.05) is 20.8 Å². The summed E-state index contributed by atoms with van der Waals surface area (Å²) in [6.45, 7) is 9.50. The van der Waals surface area contributed by atoms with E-state index in [-0.39, 0.29) is 0 Å². The van der Waals surface area contributed by atoms with Gasteiger partial charge in [-0.3, -0.25) is 0 Å². The van der Waals surface area contributed by atoms with Gasteiger partial charge in [0.1, 0.15) is 0 Å². The van der Waals surface area contributed by atoms with Crippen molar-refractivity contribution in [1.29, 1.82) is 0 Å². The molecular formula is C13H25N3S. The zero-order valence-electron chi connectivity index (χ0n) is 11.1. The summed E-state index contributed by atoms with van der Waals surface area (Å²) in [5.41, 5.74) is 5.78. The molecule has 0 saturated heterocycles. The van der Waals surface area contributed by atoms with E-state index in [1.807, 2.05) is 11.6 Å². The van der Waals surface area contributed by atoms with E-state index in [1.165, 1.54) is 11.4 Å². The standard InChI is InChI=1S/C13H25N3S/c1-10(2)6-12(7-14)9-15-8-11(3)13-16-4-5-17-13/h4-5,10-12,15H,6-9,14H2,1-3H3. The highest BCUT2D eigenvalue weighted by molar-refractivity contribution is 7.09. The van der Waals surface area contributed by atoms with Crippen LogP contribution < -0.4 is 11.1 Å². The molecule has 0 aliphatic heterocycles. The van der Waals surface area contributed by atoms with E-state index >= 15 is 0 Å². The molecule has 1 rings (SSSR count). The molecule has 0 aliphatic carbocycles. The van der Waals surface area contributed by atoms with E-state index in [1.54, 1.807) is 11.3 Å².